The minimum absolute atomic E-state index is 0. The molecule has 0 aliphatic rings. The van der Waals surface area contributed by atoms with Crippen LogP contribution in [0.1, 0.15) is 20.7 Å². The van der Waals surface area contributed by atoms with Crippen molar-refractivity contribution < 1.29 is 49.4 Å². The maximum atomic E-state index is 11.8. The Hall–Kier alpha value is -2.66. The molecule has 0 atom stereocenters. The number of fused-ring (bicyclic) bond motifs is 2. The predicted molar refractivity (Wildman–Crippen MR) is 102 cm³/mol. The number of hydrogen-bond donors (Lipinski definition) is 2. The quantitative estimate of drug-likeness (QED) is 0.286. The van der Waals surface area contributed by atoms with E-state index < -0.39 is 11.9 Å². The molecule has 0 bridgehead atoms. The van der Waals surface area contributed by atoms with Crippen LogP contribution in [0.2, 0.25) is 0 Å². The Morgan fingerprint density at radius 3 is 1.93 bits per heavy atom. The van der Waals surface area contributed by atoms with Crippen molar-refractivity contribution in [1.82, 2.24) is 0 Å². The molecule has 0 heterocycles. The summed E-state index contributed by atoms with van der Waals surface area (Å²) in [5, 5.41) is 26.5. The third kappa shape index (κ3) is 2.42. The molecular weight excluding hydrogens is 351 g/mol. The predicted octanol–water partition coefficient (Wildman–Crippen LogP) is 2.14. The van der Waals surface area contributed by atoms with Crippen molar-refractivity contribution >= 4 is 55.0 Å². The Morgan fingerprint density at radius 1 is 0.630 bits per heavy atom. The molecule has 124 valence electrons. The van der Waals surface area contributed by atoms with Gasteiger partial charge in [0.05, 0.1) is 11.1 Å². The van der Waals surface area contributed by atoms with Crippen LogP contribution in [0, 0.1) is 0 Å². The van der Waals surface area contributed by atoms with Crippen LogP contribution in [-0.2, 0) is 0 Å². The summed E-state index contributed by atoms with van der Waals surface area (Å²) >= 11 is 0. The van der Waals surface area contributed by atoms with E-state index in [0.29, 0.717) is 5.39 Å². The summed E-state index contributed by atoms with van der Waals surface area (Å²) in [4.78, 5) is 23.3. The zero-order chi connectivity index (χ0) is 18.0. The van der Waals surface area contributed by atoms with Crippen molar-refractivity contribution in [3.63, 3.8) is 0 Å². The zero-order valence-electron chi connectivity index (χ0n) is 14.5. The van der Waals surface area contributed by atoms with Crippen LogP contribution in [0.5, 0.6) is 0 Å². The molecule has 27 heavy (non-hydrogen) atoms. The molecule has 0 aliphatic heterocycles. The van der Waals surface area contributed by atoms with Crippen molar-refractivity contribution in [2.45, 2.75) is 0 Å². The molecule has 4 nitrogen and oxygen atoms in total. The number of carboxylic acid groups (broad SMARTS) is 2. The van der Waals surface area contributed by atoms with Crippen LogP contribution < -0.4 is 29.6 Å². The summed E-state index contributed by atoms with van der Waals surface area (Å²) in [6.07, 6.45) is 0. The van der Waals surface area contributed by atoms with Gasteiger partial charge in [-0.15, -0.1) is 0 Å². The Balaban J connectivity index is 0.00000180. The summed E-state index contributed by atoms with van der Waals surface area (Å²) < 4.78 is 0. The molecule has 0 radical (unpaired) electrons. The molecule has 5 aromatic rings. The Kier molecular flexibility index (Phi) is 4.07. The van der Waals surface area contributed by atoms with Gasteiger partial charge in [-0.1, -0.05) is 48.5 Å². The molecule has 0 aromatic heterocycles. The molecule has 5 aromatic carbocycles. The Morgan fingerprint density at radius 2 is 1.26 bits per heavy atom. The van der Waals surface area contributed by atoms with E-state index in [0.717, 1.165) is 37.7 Å². The summed E-state index contributed by atoms with van der Waals surface area (Å²) in [7, 11) is 0. The monoisotopic (exact) mass is 363 g/mol. The summed E-state index contributed by atoms with van der Waals surface area (Å²) in [5.41, 5.74) is -0.363. The van der Waals surface area contributed by atoms with Gasteiger partial charge in [-0.3, -0.25) is 0 Å². The molecule has 5 rings (SSSR count). The zero-order valence-corrected chi connectivity index (χ0v) is 16.5. The first kappa shape index (κ1) is 17.7. The number of benzene rings is 5. The summed E-state index contributed by atoms with van der Waals surface area (Å²) in [6, 6.07) is 19.0. The van der Waals surface area contributed by atoms with Crippen LogP contribution in [0.25, 0.3) is 43.1 Å². The van der Waals surface area contributed by atoms with E-state index in [4.69, 9.17) is 0 Å². The average Bonchev–Trinajstić information content (AvgIpc) is 2.64. The molecule has 0 fully saturated rings. The van der Waals surface area contributed by atoms with Gasteiger partial charge in [0, 0.05) is 0 Å². The van der Waals surface area contributed by atoms with E-state index in [2.05, 4.69) is 12.1 Å². The standard InChI is InChI=1S/C22H12O4.Na/c23-21(24)16-9-8-14-15-7-6-12-3-1-2-11-4-5-13(19(15)18(11)12)10-17(14)20(16)22(25)26;/h1-10H,(H,23,24)(H,25,26);/q;+1. The second-order valence-corrected chi connectivity index (χ2v) is 6.43. The minimum Gasteiger partial charge on any atom is -0.478 e. The van der Waals surface area contributed by atoms with Crippen LogP contribution in [0.3, 0.4) is 0 Å². The first-order chi connectivity index (χ1) is 12.6. The van der Waals surface area contributed by atoms with E-state index in [1.165, 1.54) is 6.07 Å². The maximum Gasteiger partial charge on any atom is 1.00 e. The van der Waals surface area contributed by atoms with E-state index in [1.807, 2.05) is 30.3 Å². The molecule has 2 N–H and O–H groups in total. The molecule has 5 heteroatoms. The van der Waals surface area contributed by atoms with Crippen LogP contribution in [0.15, 0.2) is 60.7 Å². The fourth-order valence-corrected chi connectivity index (χ4v) is 4.02. The first-order valence-electron chi connectivity index (χ1n) is 8.16. The second kappa shape index (κ2) is 6.20. The number of rotatable bonds is 2. The van der Waals surface area contributed by atoms with Crippen LogP contribution in [0.4, 0.5) is 0 Å². The summed E-state index contributed by atoms with van der Waals surface area (Å²) in [6.45, 7) is 0. The molecule has 0 spiro atoms. The number of carboxylic acids is 2. The Labute approximate surface area is 175 Å². The van der Waals surface area contributed by atoms with Gasteiger partial charge in [-0.2, -0.15) is 0 Å². The molecule has 0 amide bonds. The van der Waals surface area contributed by atoms with Crippen molar-refractivity contribution in [2.75, 3.05) is 0 Å². The van der Waals surface area contributed by atoms with Gasteiger partial charge in [0.1, 0.15) is 0 Å². The largest absolute Gasteiger partial charge is 1.00 e. The normalized spacial score (nSPS) is 11.3. The molecule has 0 saturated heterocycles. The molecule has 0 unspecified atom stereocenters. The fourth-order valence-electron chi connectivity index (χ4n) is 4.02. The van der Waals surface area contributed by atoms with E-state index >= 15 is 0 Å². The second-order valence-electron chi connectivity index (χ2n) is 6.43. The third-order valence-electron chi connectivity index (χ3n) is 5.09. The van der Waals surface area contributed by atoms with Crippen LogP contribution in [-0.4, -0.2) is 22.2 Å². The number of aromatic carboxylic acids is 2. The average molecular weight is 363 g/mol. The number of hydrogen-bond acceptors (Lipinski definition) is 2. The minimum atomic E-state index is -1.24. The van der Waals surface area contributed by atoms with Gasteiger partial charge in [0.25, 0.3) is 0 Å². The third-order valence-corrected chi connectivity index (χ3v) is 5.09. The van der Waals surface area contributed by atoms with Gasteiger partial charge in [-0.25, -0.2) is 9.59 Å². The Bertz CT molecular complexity index is 1370. The topological polar surface area (TPSA) is 74.6 Å². The van der Waals surface area contributed by atoms with Gasteiger partial charge in [0.2, 0.25) is 0 Å². The van der Waals surface area contributed by atoms with Crippen molar-refractivity contribution in [2.24, 2.45) is 0 Å². The van der Waals surface area contributed by atoms with E-state index in [9.17, 15) is 19.8 Å². The van der Waals surface area contributed by atoms with Gasteiger partial charge in [-0.05, 0) is 55.2 Å². The smallest absolute Gasteiger partial charge is 0.478 e. The molecular formula is C22H12NaO4+. The van der Waals surface area contributed by atoms with Crippen molar-refractivity contribution in [1.29, 1.82) is 0 Å². The first-order valence-corrected chi connectivity index (χ1v) is 8.16. The fraction of sp³-hybridized carbons (Fsp3) is 0. The molecule has 0 saturated carbocycles. The summed E-state index contributed by atoms with van der Waals surface area (Å²) in [5.74, 6) is -2.48. The van der Waals surface area contributed by atoms with E-state index in [1.54, 1.807) is 12.1 Å². The van der Waals surface area contributed by atoms with E-state index in [-0.39, 0.29) is 40.7 Å². The maximum absolute atomic E-state index is 11.8. The van der Waals surface area contributed by atoms with Crippen LogP contribution >= 0.6 is 0 Å². The van der Waals surface area contributed by atoms with Gasteiger partial charge in [0.15, 0.2) is 0 Å². The van der Waals surface area contributed by atoms with Crippen molar-refractivity contribution in [3.05, 3.63) is 71.8 Å². The molecule has 0 aliphatic carbocycles. The SMILES string of the molecule is O=C(O)c1ccc2c(cc3ccc4cccc5ccc2c3c45)c1C(=O)O.[Na+]. The number of carbonyl (C=O) groups is 2. The van der Waals surface area contributed by atoms with Gasteiger partial charge >= 0.3 is 41.5 Å². The van der Waals surface area contributed by atoms with Crippen molar-refractivity contribution in [3.8, 4) is 0 Å². The van der Waals surface area contributed by atoms with Gasteiger partial charge < -0.3 is 10.2 Å².